The third-order valence-electron chi connectivity index (χ3n) is 2.19. The predicted molar refractivity (Wildman–Crippen MR) is 60.1 cm³/mol. The van der Waals surface area contributed by atoms with Crippen LogP contribution in [-0.4, -0.2) is 14.8 Å². The van der Waals surface area contributed by atoms with Crippen molar-refractivity contribution in [2.24, 2.45) is 7.05 Å². The molecule has 82 valence electrons. The van der Waals surface area contributed by atoms with Crippen molar-refractivity contribution in [2.75, 3.05) is 0 Å². The van der Waals surface area contributed by atoms with Gasteiger partial charge >= 0.3 is 0 Å². The molecule has 0 aliphatic rings. The molecule has 2 aromatic rings. The van der Waals surface area contributed by atoms with Crippen LogP contribution < -0.4 is 5.56 Å². The Morgan fingerprint density at radius 1 is 1.38 bits per heavy atom. The number of nitrogens with one attached hydrogen (secondary N) is 1. The van der Waals surface area contributed by atoms with E-state index in [1.54, 1.807) is 7.05 Å². The third kappa shape index (κ3) is 1.79. The van der Waals surface area contributed by atoms with Crippen molar-refractivity contribution in [3.8, 4) is 11.3 Å². The van der Waals surface area contributed by atoms with Gasteiger partial charge in [0.15, 0.2) is 10.5 Å². The van der Waals surface area contributed by atoms with Gasteiger partial charge in [-0.15, -0.1) is 0 Å². The number of hydrogen-bond donors (Lipinski definition) is 1. The van der Waals surface area contributed by atoms with E-state index in [4.69, 9.17) is 12.2 Å². The van der Waals surface area contributed by atoms with Gasteiger partial charge in [0.25, 0.3) is 5.56 Å². The van der Waals surface area contributed by atoms with Gasteiger partial charge in [0.05, 0.1) is 0 Å². The van der Waals surface area contributed by atoms with Crippen molar-refractivity contribution < 1.29 is 4.39 Å². The first-order valence-corrected chi connectivity index (χ1v) is 4.92. The molecule has 6 heteroatoms. The molecule has 0 amide bonds. The van der Waals surface area contributed by atoms with Crippen LogP contribution in [-0.2, 0) is 7.05 Å². The Morgan fingerprint density at radius 3 is 2.62 bits per heavy atom. The van der Waals surface area contributed by atoms with Gasteiger partial charge in [0.2, 0.25) is 0 Å². The molecule has 0 saturated carbocycles. The van der Waals surface area contributed by atoms with Crippen LogP contribution in [0.5, 0.6) is 0 Å². The second kappa shape index (κ2) is 3.97. The summed E-state index contributed by atoms with van der Waals surface area (Å²) < 4.78 is 14.2. The number of nitrogens with zero attached hydrogens (tertiary/aromatic N) is 2. The van der Waals surface area contributed by atoms with Crippen LogP contribution in [0.1, 0.15) is 0 Å². The SMILES string of the molecule is Cn1c(=S)[nH]nc(-c2ccc(F)cc2)c1=O. The summed E-state index contributed by atoms with van der Waals surface area (Å²) in [6.07, 6.45) is 0. The molecule has 0 aliphatic carbocycles. The molecule has 0 aliphatic heterocycles. The Labute approximate surface area is 95.4 Å². The van der Waals surface area contributed by atoms with Crippen LogP contribution in [0.25, 0.3) is 11.3 Å². The van der Waals surface area contributed by atoms with Gasteiger partial charge in [-0.2, -0.15) is 5.10 Å². The molecule has 0 bridgehead atoms. The van der Waals surface area contributed by atoms with E-state index in [2.05, 4.69) is 10.2 Å². The fourth-order valence-electron chi connectivity index (χ4n) is 1.27. The summed E-state index contributed by atoms with van der Waals surface area (Å²) in [5.74, 6) is -0.357. The number of benzene rings is 1. The number of halogens is 1. The van der Waals surface area contributed by atoms with Crippen LogP contribution in [0.4, 0.5) is 4.39 Å². The highest BCUT2D eigenvalue weighted by molar-refractivity contribution is 7.71. The maximum absolute atomic E-state index is 12.7. The Kier molecular flexibility index (Phi) is 2.66. The van der Waals surface area contributed by atoms with Crippen molar-refractivity contribution in [1.29, 1.82) is 0 Å². The van der Waals surface area contributed by atoms with E-state index >= 15 is 0 Å². The van der Waals surface area contributed by atoms with E-state index in [0.29, 0.717) is 5.56 Å². The lowest BCUT2D eigenvalue weighted by Gasteiger charge is -2.02. The molecule has 0 unspecified atom stereocenters. The van der Waals surface area contributed by atoms with Crippen molar-refractivity contribution in [3.05, 3.63) is 45.2 Å². The summed E-state index contributed by atoms with van der Waals surface area (Å²) in [6, 6.07) is 5.54. The minimum Gasteiger partial charge on any atom is -0.285 e. The molecule has 2 rings (SSSR count). The molecule has 1 heterocycles. The molecule has 1 aromatic carbocycles. The van der Waals surface area contributed by atoms with Crippen LogP contribution in [0.3, 0.4) is 0 Å². The Balaban J connectivity index is 2.66. The molecule has 0 spiro atoms. The first kappa shape index (κ1) is 10.7. The fraction of sp³-hybridized carbons (Fsp3) is 0.100. The third-order valence-corrected chi connectivity index (χ3v) is 2.56. The molecule has 16 heavy (non-hydrogen) atoms. The second-order valence-electron chi connectivity index (χ2n) is 3.25. The van der Waals surface area contributed by atoms with Crippen molar-refractivity contribution in [2.45, 2.75) is 0 Å². The summed E-state index contributed by atoms with van der Waals surface area (Å²) >= 11 is 4.86. The number of hydrogen-bond acceptors (Lipinski definition) is 3. The van der Waals surface area contributed by atoms with Crippen LogP contribution in [0.15, 0.2) is 29.1 Å². The van der Waals surface area contributed by atoms with Gasteiger partial charge in [-0.25, -0.2) is 4.39 Å². The van der Waals surface area contributed by atoms with E-state index in [1.165, 1.54) is 28.8 Å². The lowest BCUT2D eigenvalue weighted by atomic mass is 10.1. The monoisotopic (exact) mass is 237 g/mol. The van der Waals surface area contributed by atoms with Gasteiger partial charge in [0.1, 0.15) is 5.82 Å². The van der Waals surface area contributed by atoms with Crippen molar-refractivity contribution in [1.82, 2.24) is 14.8 Å². The summed E-state index contributed by atoms with van der Waals surface area (Å²) in [5, 5.41) is 6.41. The van der Waals surface area contributed by atoms with Gasteiger partial charge in [-0.3, -0.25) is 14.5 Å². The van der Waals surface area contributed by atoms with E-state index < -0.39 is 0 Å². The Morgan fingerprint density at radius 2 is 2.00 bits per heavy atom. The number of aromatic amines is 1. The summed E-state index contributed by atoms with van der Waals surface area (Å²) in [5.41, 5.74) is 0.458. The van der Waals surface area contributed by atoms with Crippen LogP contribution in [0, 0.1) is 10.6 Å². The summed E-state index contributed by atoms with van der Waals surface area (Å²) in [4.78, 5) is 11.8. The highest BCUT2D eigenvalue weighted by Crippen LogP contribution is 2.12. The normalized spacial score (nSPS) is 10.4. The average Bonchev–Trinajstić information content (AvgIpc) is 2.28. The highest BCUT2D eigenvalue weighted by atomic mass is 32.1. The quantitative estimate of drug-likeness (QED) is 0.767. The maximum Gasteiger partial charge on any atom is 0.280 e. The summed E-state index contributed by atoms with van der Waals surface area (Å²) in [7, 11) is 1.55. The zero-order valence-electron chi connectivity index (χ0n) is 8.40. The molecule has 0 fully saturated rings. The van der Waals surface area contributed by atoms with E-state index in [-0.39, 0.29) is 21.8 Å². The molecule has 0 saturated heterocycles. The van der Waals surface area contributed by atoms with Gasteiger partial charge in [0, 0.05) is 12.6 Å². The smallest absolute Gasteiger partial charge is 0.280 e. The minimum atomic E-state index is -0.357. The van der Waals surface area contributed by atoms with Crippen molar-refractivity contribution in [3.63, 3.8) is 0 Å². The largest absolute Gasteiger partial charge is 0.285 e. The Hall–Kier alpha value is -1.82. The average molecular weight is 237 g/mol. The highest BCUT2D eigenvalue weighted by Gasteiger charge is 2.07. The molecular formula is C10H8FN3OS. The topological polar surface area (TPSA) is 50.7 Å². The zero-order chi connectivity index (χ0) is 11.7. The molecule has 1 N–H and O–H groups in total. The fourth-order valence-corrected chi connectivity index (χ4v) is 1.40. The number of rotatable bonds is 1. The zero-order valence-corrected chi connectivity index (χ0v) is 9.21. The lowest BCUT2D eigenvalue weighted by Crippen LogP contribution is -2.22. The summed E-state index contributed by atoms with van der Waals surface area (Å²) in [6.45, 7) is 0. The molecule has 0 radical (unpaired) electrons. The van der Waals surface area contributed by atoms with Crippen LogP contribution in [0.2, 0.25) is 0 Å². The molecule has 0 atom stereocenters. The predicted octanol–water partition coefficient (Wildman–Crippen LogP) is 1.64. The Bertz CT molecular complexity index is 630. The van der Waals surface area contributed by atoms with Gasteiger partial charge < -0.3 is 0 Å². The van der Waals surface area contributed by atoms with E-state index in [1.807, 2.05) is 0 Å². The van der Waals surface area contributed by atoms with E-state index in [9.17, 15) is 9.18 Å². The lowest BCUT2D eigenvalue weighted by molar-refractivity contribution is 0.628. The standard InChI is InChI=1S/C10H8FN3OS/c1-14-9(15)8(12-13-10(14)16)6-2-4-7(11)5-3-6/h2-5H,1H3,(H,13,16). The molecule has 1 aromatic heterocycles. The maximum atomic E-state index is 12.7. The number of aromatic nitrogens is 3. The first-order valence-electron chi connectivity index (χ1n) is 4.51. The van der Waals surface area contributed by atoms with E-state index in [0.717, 1.165) is 0 Å². The van der Waals surface area contributed by atoms with Gasteiger partial charge in [-0.05, 0) is 36.5 Å². The van der Waals surface area contributed by atoms with Gasteiger partial charge in [-0.1, -0.05) is 0 Å². The van der Waals surface area contributed by atoms with Crippen LogP contribution >= 0.6 is 12.2 Å². The van der Waals surface area contributed by atoms with Crippen molar-refractivity contribution >= 4 is 12.2 Å². The second-order valence-corrected chi connectivity index (χ2v) is 3.64. The molecule has 4 nitrogen and oxygen atoms in total. The number of H-pyrrole nitrogens is 1. The first-order chi connectivity index (χ1) is 7.59. The molecular weight excluding hydrogens is 229 g/mol. The minimum absolute atomic E-state index is 0.219.